The molecule has 1 N–H and O–H groups in total. The van der Waals surface area contributed by atoms with Crippen LogP contribution in [0.3, 0.4) is 0 Å². The van der Waals surface area contributed by atoms with Crippen LogP contribution in [0.4, 0.5) is 8.78 Å². The van der Waals surface area contributed by atoms with Gasteiger partial charge in [0.05, 0.1) is 0 Å². The summed E-state index contributed by atoms with van der Waals surface area (Å²) in [5, 5.41) is 3.29. The van der Waals surface area contributed by atoms with E-state index in [0.717, 1.165) is 17.2 Å². The van der Waals surface area contributed by atoms with Crippen LogP contribution in [0.2, 0.25) is 0 Å². The van der Waals surface area contributed by atoms with Crippen LogP contribution in [0.25, 0.3) is 0 Å². The molecule has 0 bridgehead atoms. The summed E-state index contributed by atoms with van der Waals surface area (Å²) in [5.41, 5.74) is 2.00. The van der Waals surface area contributed by atoms with E-state index >= 15 is 0 Å². The maximum absolute atomic E-state index is 13.7. The molecule has 2 nitrogen and oxygen atoms in total. The van der Waals surface area contributed by atoms with Crippen LogP contribution in [0, 0.1) is 18.6 Å². The van der Waals surface area contributed by atoms with Gasteiger partial charge in [-0.2, -0.15) is 4.39 Å². The molecule has 0 spiro atoms. The van der Waals surface area contributed by atoms with Gasteiger partial charge in [0, 0.05) is 18.2 Å². The Morgan fingerprint density at radius 2 is 1.86 bits per heavy atom. The number of ether oxygens (including phenoxy) is 1. The summed E-state index contributed by atoms with van der Waals surface area (Å²) in [7, 11) is 0. The monoisotopic (exact) mass is 291 g/mol. The van der Waals surface area contributed by atoms with Crippen LogP contribution < -0.4 is 10.1 Å². The average molecular weight is 291 g/mol. The Morgan fingerprint density at radius 1 is 1.10 bits per heavy atom. The number of nitrogens with one attached hydrogen (secondary N) is 1. The highest BCUT2D eigenvalue weighted by atomic mass is 19.2. The van der Waals surface area contributed by atoms with Crippen molar-refractivity contribution in [2.75, 3.05) is 0 Å². The number of rotatable bonds is 5. The van der Waals surface area contributed by atoms with Gasteiger partial charge in [0.2, 0.25) is 5.82 Å². The fraction of sp³-hybridized carbons (Fsp3) is 0.294. The third kappa shape index (κ3) is 4.02. The second-order valence-corrected chi connectivity index (χ2v) is 5.30. The molecule has 0 heterocycles. The highest BCUT2D eigenvalue weighted by Crippen LogP contribution is 2.29. The summed E-state index contributed by atoms with van der Waals surface area (Å²) >= 11 is 0. The summed E-state index contributed by atoms with van der Waals surface area (Å²) in [6, 6.07) is 9.86. The fourth-order valence-electron chi connectivity index (χ4n) is 1.94. The Hall–Kier alpha value is -1.94. The van der Waals surface area contributed by atoms with Crippen molar-refractivity contribution in [2.24, 2.45) is 0 Å². The summed E-state index contributed by atoms with van der Waals surface area (Å²) in [6.07, 6.45) is 0. The van der Waals surface area contributed by atoms with E-state index in [0.29, 0.717) is 18.3 Å². The van der Waals surface area contributed by atoms with E-state index in [1.807, 2.05) is 32.9 Å². The Bertz CT molecular complexity index is 626. The first-order valence-electron chi connectivity index (χ1n) is 6.92. The zero-order valence-electron chi connectivity index (χ0n) is 12.4. The number of hydrogen-bond donors (Lipinski definition) is 1. The van der Waals surface area contributed by atoms with Crippen LogP contribution in [-0.4, -0.2) is 6.04 Å². The van der Waals surface area contributed by atoms with Gasteiger partial charge in [0.1, 0.15) is 5.75 Å². The molecule has 21 heavy (non-hydrogen) atoms. The standard InChI is InChI=1S/C17H19F2NO/c1-11(2)20-10-13-9-12(3)7-8-15(13)21-16-6-4-5-14(18)17(16)19/h4-9,11,20H,10H2,1-3H3. The molecular formula is C17H19F2NO. The molecule has 2 rings (SSSR count). The predicted octanol–water partition coefficient (Wildman–Crippen LogP) is 4.56. The van der Waals surface area contributed by atoms with Crippen molar-refractivity contribution < 1.29 is 13.5 Å². The fourth-order valence-corrected chi connectivity index (χ4v) is 1.94. The lowest BCUT2D eigenvalue weighted by Crippen LogP contribution is -2.22. The van der Waals surface area contributed by atoms with Gasteiger partial charge in [-0.3, -0.25) is 0 Å². The van der Waals surface area contributed by atoms with Crippen molar-refractivity contribution in [1.82, 2.24) is 5.32 Å². The van der Waals surface area contributed by atoms with Gasteiger partial charge >= 0.3 is 0 Å². The van der Waals surface area contributed by atoms with Crippen LogP contribution in [0.1, 0.15) is 25.0 Å². The van der Waals surface area contributed by atoms with Crippen LogP contribution in [-0.2, 0) is 6.54 Å². The van der Waals surface area contributed by atoms with Gasteiger partial charge in [-0.15, -0.1) is 0 Å². The van der Waals surface area contributed by atoms with Gasteiger partial charge in [0.25, 0.3) is 0 Å². The van der Waals surface area contributed by atoms with E-state index in [2.05, 4.69) is 5.32 Å². The molecule has 2 aromatic carbocycles. The van der Waals surface area contributed by atoms with Crippen molar-refractivity contribution >= 4 is 0 Å². The predicted molar refractivity (Wildman–Crippen MR) is 79.6 cm³/mol. The number of hydrogen-bond acceptors (Lipinski definition) is 2. The first-order valence-corrected chi connectivity index (χ1v) is 6.92. The molecule has 0 aliphatic rings. The first kappa shape index (κ1) is 15.4. The summed E-state index contributed by atoms with van der Waals surface area (Å²) < 4.78 is 32.5. The third-order valence-corrected chi connectivity index (χ3v) is 3.05. The van der Waals surface area contributed by atoms with E-state index in [9.17, 15) is 8.78 Å². The van der Waals surface area contributed by atoms with Crippen molar-refractivity contribution in [3.05, 3.63) is 59.2 Å². The number of aryl methyl sites for hydroxylation is 1. The van der Waals surface area contributed by atoms with E-state index < -0.39 is 11.6 Å². The molecule has 0 amide bonds. The second kappa shape index (κ2) is 6.68. The Morgan fingerprint density at radius 3 is 2.57 bits per heavy atom. The lowest BCUT2D eigenvalue weighted by atomic mass is 10.1. The van der Waals surface area contributed by atoms with Gasteiger partial charge < -0.3 is 10.1 Å². The van der Waals surface area contributed by atoms with Crippen LogP contribution >= 0.6 is 0 Å². The average Bonchev–Trinajstić information content (AvgIpc) is 2.43. The maximum atomic E-state index is 13.7. The van der Waals surface area contributed by atoms with E-state index in [4.69, 9.17) is 4.74 Å². The van der Waals surface area contributed by atoms with Gasteiger partial charge in [-0.1, -0.05) is 37.6 Å². The second-order valence-electron chi connectivity index (χ2n) is 5.30. The summed E-state index contributed by atoms with van der Waals surface area (Å²) in [4.78, 5) is 0. The Labute approximate surface area is 123 Å². The zero-order chi connectivity index (χ0) is 15.4. The topological polar surface area (TPSA) is 21.3 Å². The van der Waals surface area contributed by atoms with Crippen LogP contribution in [0.5, 0.6) is 11.5 Å². The minimum absolute atomic E-state index is 0.107. The van der Waals surface area contributed by atoms with Crippen LogP contribution in [0.15, 0.2) is 36.4 Å². The third-order valence-electron chi connectivity index (χ3n) is 3.05. The molecule has 0 unspecified atom stereocenters. The molecule has 0 saturated carbocycles. The molecule has 0 aromatic heterocycles. The minimum Gasteiger partial charge on any atom is -0.454 e. The van der Waals surface area contributed by atoms with Crippen molar-refractivity contribution in [2.45, 2.75) is 33.4 Å². The van der Waals surface area contributed by atoms with Gasteiger partial charge in [0.15, 0.2) is 11.6 Å². The molecular weight excluding hydrogens is 272 g/mol. The molecule has 4 heteroatoms. The highest BCUT2D eigenvalue weighted by molar-refractivity contribution is 5.40. The SMILES string of the molecule is Cc1ccc(Oc2cccc(F)c2F)c(CNC(C)C)c1. The Balaban J connectivity index is 2.28. The number of halogens is 2. The summed E-state index contributed by atoms with van der Waals surface area (Å²) in [6.45, 7) is 6.67. The number of benzene rings is 2. The molecule has 0 aliphatic carbocycles. The molecule has 0 aliphatic heterocycles. The largest absolute Gasteiger partial charge is 0.454 e. The van der Waals surface area contributed by atoms with Gasteiger partial charge in [-0.05, 0) is 25.1 Å². The van der Waals surface area contributed by atoms with E-state index in [-0.39, 0.29) is 5.75 Å². The molecule has 2 aromatic rings. The van der Waals surface area contributed by atoms with Gasteiger partial charge in [-0.25, -0.2) is 4.39 Å². The maximum Gasteiger partial charge on any atom is 0.201 e. The summed E-state index contributed by atoms with van der Waals surface area (Å²) in [5.74, 6) is -1.47. The zero-order valence-corrected chi connectivity index (χ0v) is 12.4. The normalized spacial score (nSPS) is 11.0. The van der Waals surface area contributed by atoms with Crippen molar-refractivity contribution in [1.29, 1.82) is 0 Å². The van der Waals surface area contributed by atoms with Crippen molar-refractivity contribution in [3.63, 3.8) is 0 Å². The first-order chi connectivity index (χ1) is 9.97. The lowest BCUT2D eigenvalue weighted by Gasteiger charge is -2.14. The minimum atomic E-state index is -0.971. The molecule has 112 valence electrons. The lowest BCUT2D eigenvalue weighted by molar-refractivity contribution is 0.411. The van der Waals surface area contributed by atoms with E-state index in [1.54, 1.807) is 6.07 Å². The highest BCUT2D eigenvalue weighted by Gasteiger charge is 2.12. The quantitative estimate of drug-likeness (QED) is 0.871. The Kier molecular flexibility index (Phi) is 4.91. The smallest absolute Gasteiger partial charge is 0.201 e. The van der Waals surface area contributed by atoms with Crippen molar-refractivity contribution in [3.8, 4) is 11.5 Å². The molecule has 0 atom stereocenters. The van der Waals surface area contributed by atoms with E-state index in [1.165, 1.54) is 12.1 Å². The molecule has 0 fully saturated rings. The molecule has 0 radical (unpaired) electrons. The molecule has 0 saturated heterocycles.